The Balaban J connectivity index is 0.879. The molecule has 3 unspecified atom stereocenters. The van der Waals surface area contributed by atoms with Crippen LogP contribution in [0.1, 0.15) is 51.4 Å². The number of carbonyl (C=O) groups excluding carboxylic acids is 1. The highest BCUT2D eigenvalue weighted by molar-refractivity contribution is 5.77. The van der Waals surface area contributed by atoms with Gasteiger partial charge in [-0.2, -0.15) is 0 Å². The topological polar surface area (TPSA) is 179 Å². The van der Waals surface area contributed by atoms with Crippen LogP contribution >= 0.6 is 0 Å². The fourth-order valence-electron chi connectivity index (χ4n) is 8.38. The zero-order valence-electron chi connectivity index (χ0n) is 28.7. The fourth-order valence-corrected chi connectivity index (χ4v) is 8.38. The van der Waals surface area contributed by atoms with Crippen LogP contribution in [0.2, 0.25) is 0 Å². The lowest BCUT2D eigenvalue weighted by Gasteiger charge is -2.42. The predicted octanol–water partition coefficient (Wildman–Crippen LogP) is -1.14. The molecule has 14 heteroatoms. The summed E-state index contributed by atoms with van der Waals surface area (Å²) < 4.78 is 26.6. The third kappa shape index (κ3) is 10.5. The van der Waals surface area contributed by atoms with E-state index in [-0.39, 0.29) is 43.1 Å². The first-order valence-corrected chi connectivity index (χ1v) is 18.4. The summed E-state index contributed by atoms with van der Waals surface area (Å²) in [5.41, 5.74) is 0. The zero-order chi connectivity index (χ0) is 34.2. The van der Waals surface area contributed by atoms with Crippen molar-refractivity contribution in [3.8, 4) is 0 Å². The number of likely N-dealkylation sites (tertiary alicyclic amines) is 2. The minimum atomic E-state index is -1.66. The molecule has 2 saturated carbocycles. The van der Waals surface area contributed by atoms with Gasteiger partial charge in [-0.25, -0.2) is 4.39 Å². The van der Waals surface area contributed by atoms with E-state index >= 15 is 4.39 Å². The van der Waals surface area contributed by atoms with Gasteiger partial charge in [0.05, 0.1) is 25.4 Å². The third-order valence-corrected chi connectivity index (χ3v) is 11.7. The van der Waals surface area contributed by atoms with E-state index in [2.05, 4.69) is 20.9 Å². The van der Waals surface area contributed by atoms with Gasteiger partial charge in [0, 0.05) is 90.8 Å². The van der Waals surface area contributed by atoms with Crippen LogP contribution in [0.5, 0.6) is 0 Å². The second-order valence-electron chi connectivity index (χ2n) is 15.3. The molecule has 3 aliphatic heterocycles. The number of nitrogens with zero attached hydrogens (tertiary/aromatic N) is 2. The Hall–Kier alpha value is -1.04. The first-order chi connectivity index (χ1) is 23.2. The van der Waals surface area contributed by atoms with Crippen molar-refractivity contribution >= 4 is 5.91 Å². The monoisotopic (exact) mass is 687 g/mol. The normalized spacial score (nSPS) is 34.7. The molecule has 48 heavy (non-hydrogen) atoms. The van der Waals surface area contributed by atoms with E-state index in [0.717, 1.165) is 63.4 Å². The lowest BCUT2D eigenvalue weighted by atomic mass is 9.83. The second kappa shape index (κ2) is 18.5. The molecular weight excluding hydrogens is 625 g/mol. The maximum Gasteiger partial charge on any atom is 0.222 e. The van der Waals surface area contributed by atoms with Gasteiger partial charge in [-0.3, -0.25) is 20.3 Å². The van der Waals surface area contributed by atoms with Crippen molar-refractivity contribution in [1.29, 1.82) is 0 Å². The van der Waals surface area contributed by atoms with Gasteiger partial charge in [0.25, 0.3) is 0 Å². The molecule has 13 nitrogen and oxygen atoms in total. The molecule has 9 atom stereocenters. The van der Waals surface area contributed by atoms with Gasteiger partial charge in [-0.1, -0.05) is 0 Å². The number of aliphatic hydroxyl groups is 5. The summed E-state index contributed by atoms with van der Waals surface area (Å²) in [5.74, 6) is 2.78. The highest BCUT2D eigenvalue weighted by atomic mass is 19.1. The number of alkyl halides is 1. The smallest absolute Gasteiger partial charge is 0.222 e. The van der Waals surface area contributed by atoms with Crippen LogP contribution in [0.3, 0.4) is 0 Å². The van der Waals surface area contributed by atoms with Crippen LogP contribution in [-0.2, 0) is 14.3 Å². The summed E-state index contributed by atoms with van der Waals surface area (Å²) in [4.78, 5) is 17.1. The van der Waals surface area contributed by atoms with Crippen molar-refractivity contribution in [2.24, 2.45) is 35.5 Å². The lowest BCUT2D eigenvalue weighted by Crippen LogP contribution is -2.62. The summed E-state index contributed by atoms with van der Waals surface area (Å²) in [6.07, 6.45) is -0.0217. The molecule has 278 valence electrons. The standard InChI is InChI=1S/C34H62FN5O8/c1-47-20-21-14-37-34(38-15-21)39-7-4-23(5-8-39)27-10-24(27)6-9-48-26-3-2-25(28(35)12-26)11-31(44)40-17-22(18-40)13-36-16-29(42)32(45)33(46)30(43)19-41/h21-30,32-34,36-38,41-43,45-46H,2-20H2,1H3/t21?,24-,25?,26?,27-,28?,29+,30-,32-,33-,34?/m1/s1. The number of carbonyl (C=O) groups is 1. The Morgan fingerprint density at radius 2 is 1.67 bits per heavy atom. The number of ether oxygens (including phenoxy) is 2. The van der Waals surface area contributed by atoms with E-state index in [4.69, 9.17) is 14.6 Å². The summed E-state index contributed by atoms with van der Waals surface area (Å²) in [7, 11) is 1.76. The van der Waals surface area contributed by atoms with Gasteiger partial charge in [0.1, 0.15) is 30.8 Å². The van der Waals surface area contributed by atoms with Gasteiger partial charge in [0.2, 0.25) is 5.91 Å². The summed E-state index contributed by atoms with van der Waals surface area (Å²) in [5, 5.41) is 58.2. The molecule has 5 fully saturated rings. The Morgan fingerprint density at radius 3 is 2.33 bits per heavy atom. The molecule has 5 aliphatic rings. The number of aliphatic hydroxyl groups excluding tert-OH is 5. The number of hydrogen-bond acceptors (Lipinski definition) is 12. The molecule has 0 aromatic carbocycles. The van der Waals surface area contributed by atoms with E-state index in [1.165, 1.54) is 19.3 Å². The van der Waals surface area contributed by atoms with E-state index < -0.39 is 37.2 Å². The molecule has 3 saturated heterocycles. The van der Waals surface area contributed by atoms with Gasteiger partial charge in [0.15, 0.2) is 0 Å². The van der Waals surface area contributed by atoms with Gasteiger partial charge in [-0.05, 0) is 62.2 Å². The number of hydrogen-bond donors (Lipinski definition) is 8. The van der Waals surface area contributed by atoms with Gasteiger partial charge >= 0.3 is 0 Å². The maximum atomic E-state index is 15.1. The van der Waals surface area contributed by atoms with Crippen molar-refractivity contribution in [2.75, 3.05) is 79.3 Å². The number of rotatable bonds is 18. The lowest BCUT2D eigenvalue weighted by molar-refractivity contribution is -0.140. The average Bonchev–Trinajstić information content (AvgIpc) is 3.85. The number of amides is 1. The van der Waals surface area contributed by atoms with Crippen LogP contribution in [0.15, 0.2) is 0 Å². The van der Waals surface area contributed by atoms with E-state index in [0.29, 0.717) is 45.0 Å². The van der Waals surface area contributed by atoms with Crippen molar-refractivity contribution < 1.29 is 44.2 Å². The highest BCUT2D eigenvalue weighted by Gasteiger charge is 2.44. The number of nitrogens with one attached hydrogen (secondary N) is 3. The predicted molar refractivity (Wildman–Crippen MR) is 176 cm³/mol. The number of methoxy groups -OCH3 is 1. The van der Waals surface area contributed by atoms with Gasteiger partial charge < -0.3 is 45.2 Å². The van der Waals surface area contributed by atoms with E-state index in [1.807, 2.05) is 0 Å². The Labute approximate surface area is 284 Å². The van der Waals surface area contributed by atoms with Crippen LogP contribution in [0.25, 0.3) is 0 Å². The first kappa shape index (κ1) is 38.2. The summed E-state index contributed by atoms with van der Waals surface area (Å²) >= 11 is 0. The Kier molecular flexibility index (Phi) is 14.7. The minimum Gasteiger partial charge on any atom is -0.394 e. The maximum absolute atomic E-state index is 15.1. The third-order valence-electron chi connectivity index (χ3n) is 11.7. The molecule has 2 aliphatic carbocycles. The molecule has 8 N–H and O–H groups in total. The van der Waals surface area contributed by atoms with Crippen LogP contribution in [0, 0.1) is 35.5 Å². The molecular formula is C34H62FN5O8. The van der Waals surface area contributed by atoms with Crippen LogP contribution in [0.4, 0.5) is 4.39 Å². The molecule has 0 spiro atoms. The molecule has 1 amide bonds. The number of piperidine rings is 1. The highest BCUT2D eigenvalue weighted by Crippen LogP contribution is 2.50. The van der Waals surface area contributed by atoms with Crippen LogP contribution in [-0.4, -0.2) is 164 Å². The average molecular weight is 688 g/mol. The SMILES string of the molecule is COCC1CNC(N2CCC([C@H]3C[C@H]3CCOC3CCC(CC(=O)N4CC(CNC[C@H](O)[C@@H](O)[C@H](O)[C@H](O)CO)C4)C(F)C3)CC2)NC1. The van der Waals surface area contributed by atoms with Crippen molar-refractivity contribution in [3.05, 3.63) is 0 Å². The summed E-state index contributed by atoms with van der Waals surface area (Å²) in [6, 6.07) is 0. The largest absolute Gasteiger partial charge is 0.394 e. The molecule has 3 heterocycles. The Bertz CT molecular complexity index is 968. The molecule has 0 aromatic heterocycles. The number of halogens is 1. The van der Waals surface area contributed by atoms with Crippen molar-refractivity contribution in [2.45, 2.75) is 94.3 Å². The minimum absolute atomic E-state index is 0.0102. The fraction of sp³-hybridized carbons (Fsp3) is 0.971. The van der Waals surface area contributed by atoms with Crippen molar-refractivity contribution in [1.82, 2.24) is 25.8 Å². The Morgan fingerprint density at radius 1 is 0.958 bits per heavy atom. The second-order valence-corrected chi connectivity index (χ2v) is 15.3. The van der Waals surface area contributed by atoms with Crippen molar-refractivity contribution in [3.63, 3.8) is 0 Å². The molecule has 5 rings (SSSR count). The van der Waals surface area contributed by atoms with E-state index in [1.54, 1.807) is 12.0 Å². The van der Waals surface area contributed by atoms with E-state index in [9.17, 15) is 25.2 Å². The zero-order valence-corrected chi connectivity index (χ0v) is 28.7. The molecule has 0 radical (unpaired) electrons. The molecule has 0 bridgehead atoms. The van der Waals surface area contributed by atoms with Gasteiger partial charge in [-0.15, -0.1) is 0 Å². The summed E-state index contributed by atoms with van der Waals surface area (Å²) in [6.45, 7) is 6.62. The quantitative estimate of drug-likeness (QED) is 0.0871. The first-order valence-electron chi connectivity index (χ1n) is 18.4. The molecule has 0 aromatic rings. The van der Waals surface area contributed by atoms with Crippen LogP contribution < -0.4 is 16.0 Å².